The monoisotopic (exact) mass is 302 g/mol. The van der Waals surface area contributed by atoms with Crippen molar-refractivity contribution in [3.63, 3.8) is 0 Å². The van der Waals surface area contributed by atoms with Crippen LogP contribution in [0, 0.1) is 5.82 Å². The lowest BCUT2D eigenvalue weighted by atomic mass is 10.2. The van der Waals surface area contributed by atoms with Crippen LogP contribution in [0.3, 0.4) is 0 Å². The van der Waals surface area contributed by atoms with Crippen molar-refractivity contribution in [2.75, 3.05) is 18.5 Å². The summed E-state index contributed by atoms with van der Waals surface area (Å²) >= 11 is 0. The maximum atomic E-state index is 13.5. The van der Waals surface area contributed by atoms with Gasteiger partial charge in [-0.25, -0.2) is 9.18 Å². The quantitative estimate of drug-likeness (QED) is 0.916. The predicted molar refractivity (Wildman–Crippen MR) is 79.7 cm³/mol. The Bertz CT molecular complexity index is 691. The van der Waals surface area contributed by atoms with Crippen molar-refractivity contribution in [2.45, 2.75) is 6.54 Å². The number of carbonyl (C=O) groups is 1. The lowest BCUT2D eigenvalue weighted by Gasteiger charge is -2.19. The minimum Gasteiger partial charge on any atom is -0.486 e. The topological polar surface area (TPSA) is 59.6 Å². The summed E-state index contributed by atoms with van der Waals surface area (Å²) in [4.78, 5) is 11.8. The van der Waals surface area contributed by atoms with Gasteiger partial charge >= 0.3 is 6.03 Å². The molecule has 2 aromatic rings. The molecule has 6 heteroatoms. The third-order valence-electron chi connectivity index (χ3n) is 3.20. The van der Waals surface area contributed by atoms with Crippen LogP contribution in [0.1, 0.15) is 5.56 Å². The van der Waals surface area contributed by atoms with Crippen molar-refractivity contribution in [1.29, 1.82) is 0 Å². The Balaban J connectivity index is 1.59. The van der Waals surface area contributed by atoms with Gasteiger partial charge in [-0.1, -0.05) is 18.2 Å². The summed E-state index contributed by atoms with van der Waals surface area (Å²) in [5, 5.41) is 5.28. The first-order valence-corrected chi connectivity index (χ1v) is 6.90. The van der Waals surface area contributed by atoms with Gasteiger partial charge in [-0.15, -0.1) is 0 Å². The highest BCUT2D eigenvalue weighted by Crippen LogP contribution is 2.32. The summed E-state index contributed by atoms with van der Waals surface area (Å²) in [7, 11) is 0. The molecule has 3 rings (SSSR count). The van der Waals surface area contributed by atoms with Crippen LogP contribution in [0.15, 0.2) is 42.5 Å². The van der Waals surface area contributed by atoms with Gasteiger partial charge in [-0.3, -0.25) is 0 Å². The van der Waals surface area contributed by atoms with Crippen molar-refractivity contribution >= 4 is 11.7 Å². The molecule has 2 N–H and O–H groups in total. The first-order valence-electron chi connectivity index (χ1n) is 6.90. The zero-order valence-corrected chi connectivity index (χ0v) is 11.8. The maximum Gasteiger partial charge on any atom is 0.319 e. The van der Waals surface area contributed by atoms with Gasteiger partial charge in [-0.05, 0) is 18.2 Å². The Morgan fingerprint density at radius 3 is 2.68 bits per heavy atom. The number of urea groups is 1. The minimum absolute atomic E-state index is 0.114. The van der Waals surface area contributed by atoms with E-state index < -0.39 is 6.03 Å². The summed E-state index contributed by atoms with van der Waals surface area (Å²) in [5.41, 5.74) is 1.01. The summed E-state index contributed by atoms with van der Waals surface area (Å²) in [6.45, 7) is 1.11. The summed E-state index contributed by atoms with van der Waals surface area (Å²) in [5.74, 6) is 0.906. The molecule has 0 unspecified atom stereocenters. The fourth-order valence-electron chi connectivity index (χ4n) is 2.11. The van der Waals surface area contributed by atoms with Gasteiger partial charge in [0.25, 0.3) is 0 Å². The van der Waals surface area contributed by atoms with Gasteiger partial charge in [0.15, 0.2) is 11.5 Å². The minimum atomic E-state index is -0.417. The van der Waals surface area contributed by atoms with Crippen molar-refractivity contribution in [1.82, 2.24) is 5.32 Å². The van der Waals surface area contributed by atoms with E-state index in [0.29, 0.717) is 36.0 Å². The van der Waals surface area contributed by atoms with E-state index >= 15 is 0 Å². The van der Waals surface area contributed by atoms with Gasteiger partial charge in [0.1, 0.15) is 19.0 Å². The average Bonchev–Trinajstić information content (AvgIpc) is 2.54. The van der Waals surface area contributed by atoms with E-state index in [-0.39, 0.29) is 12.4 Å². The highest BCUT2D eigenvalue weighted by Gasteiger charge is 2.12. The number of anilines is 1. The van der Waals surface area contributed by atoms with Crippen LogP contribution in [0.4, 0.5) is 14.9 Å². The highest BCUT2D eigenvalue weighted by atomic mass is 19.1. The molecule has 5 nitrogen and oxygen atoms in total. The van der Waals surface area contributed by atoms with Gasteiger partial charge in [0.05, 0.1) is 0 Å². The summed E-state index contributed by atoms with van der Waals surface area (Å²) < 4.78 is 24.3. The van der Waals surface area contributed by atoms with Gasteiger partial charge < -0.3 is 20.1 Å². The van der Waals surface area contributed by atoms with Crippen LogP contribution in [0.25, 0.3) is 0 Å². The second kappa shape index (κ2) is 6.34. The number of amides is 2. The standard InChI is InChI=1S/C16H15FN2O3/c17-13-4-2-1-3-11(13)10-18-16(20)19-12-5-6-14-15(9-12)22-8-7-21-14/h1-6,9H,7-8,10H2,(H2,18,19,20). The van der Waals surface area contributed by atoms with Crippen molar-refractivity contribution in [3.8, 4) is 11.5 Å². The zero-order valence-electron chi connectivity index (χ0n) is 11.8. The predicted octanol–water partition coefficient (Wildman–Crippen LogP) is 2.92. The number of halogens is 1. The third kappa shape index (κ3) is 3.28. The Labute approximate surface area is 127 Å². The summed E-state index contributed by atoms with van der Waals surface area (Å²) in [6, 6.07) is 11.0. The fraction of sp³-hybridized carbons (Fsp3) is 0.188. The number of hydrogen-bond acceptors (Lipinski definition) is 3. The van der Waals surface area contributed by atoms with E-state index in [9.17, 15) is 9.18 Å². The zero-order chi connectivity index (χ0) is 15.4. The molecule has 0 atom stereocenters. The largest absolute Gasteiger partial charge is 0.486 e. The van der Waals surface area contributed by atoms with Crippen LogP contribution in [0.2, 0.25) is 0 Å². The Morgan fingerprint density at radius 2 is 1.86 bits per heavy atom. The smallest absolute Gasteiger partial charge is 0.319 e. The van der Waals surface area contributed by atoms with E-state index in [0.717, 1.165) is 0 Å². The van der Waals surface area contributed by atoms with Crippen LogP contribution in [0.5, 0.6) is 11.5 Å². The third-order valence-corrected chi connectivity index (χ3v) is 3.20. The fourth-order valence-corrected chi connectivity index (χ4v) is 2.11. The number of benzene rings is 2. The molecule has 0 fully saturated rings. The lowest BCUT2D eigenvalue weighted by Crippen LogP contribution is -2.28. The second-order valence-electron chi connectivity index (χ2n) is 4.76. The van der Waals surface area contributed by atoms with Crippen LogP contribution >= 0.6 is 0 Å². The van der Waals surface area contributed by atoms with E-state index in [2.05, 4.69) is 10.6 Å². The van der Waals surface area contributed by atoms with Gasteiger partial charge in [-0.2, -0.15) is 0 Å². The molecule has 2 aromatic carbocycles. The second-order valence-corrected chi connectivity index (χ2v) is 4.76. The van der Waals surface area contributed by atoms with Crippen LogP contribution in [-0.2, 0) is 6.54 Å². The van der Waals surface area contributed by atoms with Crippen molar-refractivity contribution < 1.29 is 18.7 Å². The molecule has 22 heavy (non-hydrogen) atoms. The van der Waals surface area contributed by atoms with Gasteiger partial charge in [0.2, 0.25) is 0 Å². The molecule has 1 heterocycles. The molecular weight excluding hydrogens is 287 g/mol. The highest BCUT2D eigenvalue weighted by molar-refractivity contribution is 5.89. The summed E-state index contributed by atoms with van der Waals surface area (Å²) in [6.07, 6.45) is 0. The molecule has 1 aliphatic heterocycles. The Morgan fingerprint density at radius 1 is 1.09 bits per heavy atom. The molecular formula is C16H15FN2O3. The molecule has 0 aliphatic carbocycles. The van der Waals surface area contributed by atoms with Crippen molar-refractivity contribution in [2.24, 2.45) is 0 Å². The molecule has 0 saturated carbocycles. The van der Waals surface area contributed by atoms with Gasteiger partial charge in [0, 0.05) is 23.9 Å². The first-order chi connectivity index (χ1) is 10.7. The molecule has 0 spiro atoms. The SMILES string of the molecule is O=C(NCc1ccccc1F)Nc1ccc2c(c1)OCCO2. The van der Waals surface area contributed by atoms with Crippen molar-refractivity contribution in [3.05, 3.63) is 53.8 Å². The van der Waals surface area contributed by atoms with E-state index in [1.807, 2.05) is 0 Å². The number of carbonyl (C=O) groups excluding carboxylic acids is 1. The molecule has 0 bridgehead atoms. The number of fused-ring (bicyclic) bond motifs is 1. The van der Waals surface area contributed by atoms with E-state index in [1.54, 1.807) is 36.4 Å². The van der Waals surface area contributed by atoms with E-state index in [1.165, 1.54) is 6.07 Å². The maximum absolute atomic E-state index is 13.5. The number of hydrogen-bond donors (Lipinski definition) is 2. The number of rotatable bonds is 3. The molecule has 2 amide bonds. The molecule has 0 radical (unpaired) electrons. The van der Waals surface area contributed by atoms with Crippen LogP contribution in [-0.4, -0.2) is 19.2 Å². The number of nitrogens with one attached hydrogen (secondary N) is 2. The number of ether oxygens (including phenoxy) is 2. The lowest BCUT2D eigenvalue weighted by molar-refractivity contribution is 0.171. The molecule has 114 valence electrons. The normalized spacial score (nSPS) is 12.6. The molecule has 0 aromatic heterocycles. The van der Waals surface area contributed by atoms with Crippen LogP contribution < -0.4 is 20.1 Å². The van der Waals surface area contributed by atoms with E-state index in [4.69, 9.17) is 9.47 Å². The Kier molecular flexibility index (Phi) is 4.09. The first kappa shape index (κ1) is 14.2. The molecule has 0 saturated heterocycles. The Hall–Kier alpha value is -2.76. The average molecular weight is 302 g/mol. The molecule has 1 aliphatic rings.